The van der Waals surface area contributed by atoms with Gasteiger partial charge in [-0.05, 0) is 0 Å². The van der Waals surface area contributed by atoms with Gasteiger partial charge in [0.05, 0.1) is 0 Å². The third-order valence-corrected chi connectivity index (χ3v) is 12.8. The monoisotopic (exact) mass is 590 g/mol. The molecule has 4 nitrogen and oxygen atoms in total. The van der Waals surface area contributed by atoms with Crippen LogP contribution >= 0.6 is 6.83 Å². The second-order valence-corrected chi connectivity index (χ2v) is 14.0. The molecule has 4 aromatic rings. The Kier molecular flexibility index (Phi) is 7.84. The van der Waals surface area contributed by atoms with Crippen LogP contribution in [0.2, 0.25) is 0 Å². The fourth-order valence-electron chi connectivity index (χ4n) is 5.51. The SMILES string of the molecule is CCOC(=O)C1=CP(c2ccccc2)(c2ccccc2)(c2ccccc2)OC1(/C=C/c1cccc(OC)c1)C(F)(F)F. The number of rotatable bonds is 8. The molecule has 42 heavy (non-hydrogen) atoms. The van der Waals surface area contributed by atoms with Crippen molar-refractivity contribution in [1.29, 1.82) is 0 Å². The van der Waals surface area contributed by atoms with Gasteiger partial charge in [-0.2, -0.15) is 0 Å². The molecule has 0 saturated heterocycles. The van der Waals surface area contributed by atoms with Crippen molar-refractivity contribution in [2.24, 2.45) is 0 Å². The summed E-state index contributed by atoms with van der Waals surface area (Å²) in [4.78, 5) is 13.6. The molecule has 1 unspecified atom stereocenters. The van der Waals surface area contributed by atoms with Crippen molar-refractivity contribution >= 4 is 34.8 Å². The molecule has 0 bridgehead atoms. The summed E-state index contributed by atoms with van der Waals surface area (Å²) in [5.74, 6) is 0.802. The maximum atomic E-state index is 15.7. The Morgan fingerprint density at radius 3 is 1.81 bits per heavy atom. The van der Waals surface area contributed by atoms with E-state index in [1.165, 1.54) is 19.0 Å². The van der Waals surface area contributed by atoms with Crippen molar-refractivity contribution in [3.8, 4) is 5.75 Å². The van der Waals surface area contributed by atoms with Crippen LogP contribution in [0.15, 0.2) is 133 Å². The van der Waals surface area contributed by atoms with E-state index in [4.69, 9.17) is 14.0 Å². The molecule has 1 aliphatic heterocycles. The Morgan fingerprint density at radius 1 is 0.833 bits per heavy atom. The van der Waals surface area contributed by atoms with Gasteiger partial charge in [-0.1, -0.05) is 0 Å². The Bertz CT molecular complexity index is 1520. The average Bonchev–Trinajstić information content (AvgIpc) is 3.37. The van der Waals surface area contributed by atoms with Crippen molar-refractivity contribution in [1.82, 2.24) is 0 Å². The molecule has 0 fully saturated rings. The second kappa shape index (κ2) is 11.2. The summed E-state index contributed by atoms with van der Waals surface area (Å²) in [7, 11) is 1.48. The van der Waals surface area contributed by atoms with Gasteiger partial charge in [0.15, 0.2) is 0 Å². The van der Waals surface area contributed by atoms with E-state index < -0.39 is 30.2 Å². The summed E-state index contributed by atoms with van der Waals surface area (Å²) in [5, 5.41) is 1.55. The number of esters is 1. The number of alkyl halides is 3. The van der Waals surface area contributed by atoms with Gasteiger partial charge in [0, 0.05) is 0 Å². The van der Waals surface area contributed by atoms with E-state index in [0.717, 1.165) is 6.08 Å². The Balaban J connectivity index is 1.93. The van der Waals surface area contributed by atoms with E-state index in [0.29, 0.717) is 27.2 Å². The van der Waals surface area contributed by atoms with Crippen LogP contribution in [0.1, 0.15) is 12.5 Å². The van der Waals surface area contributed by atoms with Crippen molar-refractivity contribution in [2.75, 3.05) is 13.7 Å². The zero-order chi connectivity index (χ0) is 29.9. The van der Waals surface area contributed by atoms with E-state index in [1.807, 2.05) is 0 Å². The molecular formula is C34H30F3O4P. The third kappa shape index (κ3) is 4.63. The van der Waals surface area contributed by atoms with Crippen molar-refractivity contribution in [2.45, 2.75) is 18.7 Å². The predicted octanol–water partition coefficient (Wildman–Crippen LogP) is 6.93. The van der Waals surface area contributed by atoms with E-state index in [9.17, 15) is 4.79 Å². The Hall–Kier alpha value is -4.19. The number of ether oxygens (including phenoxy) is 2. The molecular weight excluding hydrogens is 560 g/mol. The third-order valence-electron chi connectivity index (χ3n) is 7.44. The molecule has 1 atom stereocenters. The van der Waals surface area contributed by atoms with Gasteiger partial charge in [0.25, 0.3) is 0 Å². The average molecular weight is 591 g/mol. The number of halogens is 3. The minimum atomic E-state index is -5.06. The molecule has 0 aromatic heterocycles. The van der Waals surface area contributed by atoms with E-state index in [1.54, 1.807) is 122 Å². The normalized spacial score (nSPS) is 20.3. The topological polar surface area (TPSA) is 44.8 Å². The first kappa shape index (κ1) is 29.3. The first-order valence-corrected chi connectivity index (χ1v) is 15.6. The molecule has 0 radical (unpaired) electrons. The summed E-state index contributed by atoms with van der Waals surface area (Å²) in [5.41, 5.74) is -3.33. The molecule has 0 aliphatic carbocycles. The molecule has 8 heteroatoms. The van der Waals surface area contributed by atoms with E-state index in [-0.39, 0.29) is 6.61 Å². The number of methoxy groups -OCH3 is 1. The maximum absolute atomic E-state index is 15.7. The summed E-state index contributed by atoms with van der Waals surface area (Å²) in [6.45, 7) is -3.21. The zero-order valence-electron chi connectivity index (χ0n) is 23.1. The van der Waals surface area contributed by atoms with E-state index in [2.05, 4.69) is 0 Å². The number of hydrogen-bond donors (Lipinski definition) is 0. The van der Waals surface area contributed by atoms with Gasteiger partial charge in [-0.15, -0.1) is 0 Å². The molecule has 1 heterocycles. The number of benzene rings is 4. The summed E-state index contributed by atoms with van der Waals surface area (Å²) in [6, 6.07) is 33.1. The van der Waals surface area contributed by atoms with Crippen molar-refractivity contribution in [3.05, 3.63) is 138 Å². The van der Waals surface area contributed by atoms with Gasteiger partial charge in [0.2, 0.25) is 0 Å². The van der Waals surface area contributed by atoms with Crippen LogP contribution in [0, 0.1) is 0 Å². The first-order chi connectivity index (χ1) is 20.2. The van der Waals surface area contributed by atoms with Gasteiger partial charge in [-0.3, -0.25) is 0 Å². The summed E-state index contributed by atoms with van der Waals surface area (Å²) in [6.07, 6.45) is -2.83. The number of carbonyl (C=O) groups excluding carboxylic acids is 1. The molecule has 4 aromatic carbocycles. The van der Waals surface area contributed by atoms with Gasteiger partial charge >= 0.3 is 243 Å². The molecule has 0 saturated carbocycles. The Labute approximate surface area is 243 Å². The Morgan fingerprint density at radius 2 is 1.36 bits per heavy atom. The van der Waals surface area contributed by atoms with Crippen LogP contribution in [0.25, 0.3) is 6.08 Å². The molecule has 216 valence electrons. The summed E-state index contributed by atoms with van der Waals surface area (Å²) < 4.78 is 64.6. The zero-order valence-corrected chi connectivity index (χ0v) is 24.0. The standard InChI is InChI=1S/C34H30F3O4P/c1-3-40-32(38)31-25-42(28-16-7-4-8-17-28,29-18-9-5-10-19-29,30-20-11-6-12-21-30)41-33(31,34(35,36)37)23-22-26-14-13-15-27(24-26)39-2/h4-25H,3H2,1-2H3/b23-22+. The molecule has 5 rings (SSSR count). The molecule has 1 aliphatic rings. The quantitative estimate of drug-likeness (QED) is 0.165. The van der Waals surface area contributed by atoms with Crippen LogP contribution in [-0.2, 0) is 14.1 Å². The van der Waals surface area contributed by atoms with Crippen molar-refractivity contribution < 1.29 is 32.0 Å². The molecule has 0 amide bonds. The van der Waals surface area contributed by atoms with E-state index >= 15 is 13.2 Å². The van der Waals surface area contributed by atoms with Crippen LogP contribution in [0.3, 0.4) is 0 Å². The van der Waals surface area contributed by atoms with Crippen molar-refractivity contribution in [3.63, 3.8) is 0 Å². The number of carbonyl (C=O) groups is 1. The van der Waals surface area contributed by atoms with Gasteiger partial charge in [0.1, 0.15) is 0 Å². The number of hydrogen-bond acceptors (Lipinski definition) is 4. The van der Waals surface area contributed by atoms with Crippen LogP contribution in [0.5, 0.6) is 5.75 Å². The van der Waals surface area contributed by atoms with Gasteiger partial charge < -0.3 is 0 Å². The molecule has 0 N–H and O–H groups in total. The summed E-state index contributed by atoms with van der Waals surface area (Å²) >= 11 is 0. The minimum absolute atomic E-state index is 0.109. The fourth-order valence-corrected chi connectivity index (χ4v) is 11.2. The van der Waals surface area contributed by atoms with Crippen LogP contribution in [0.4, 0.5) is 13.2 Å². The predicted molar refractivity (Wildman–Crippen MR) is 162 cm³/mol. The first-order valence-electron chi connectivity index (χ1n) is 13.4. The van der Waals surface area contributed by atoms with Crippen LogP contribution in [-0.4, -0.2) is 31.5 Å². The van der Waals surface area contributed by atoms with Crippen LogP contribution < -0.4 is 20.7 Å². The fraction of sp³-hybridized carbons (Fsp3) is 0.147. The second-order valence-electron chi connectivity index (χ2n) is 9.81. The molecule has 0 spiro atoms. The van der Waals surface area contributed by atoms with Gasteiger partial charge in [-0.25, -0.2) is 0 Å².